The monoisotopic (exact) mass is 493 g/mol. The van der Waals surface area contributed by atoms with Crippen molar-refractivity contribution in [2.45, 2.75) is 27.3 Å². The maximum absolute atomic E-state index is 13.0. The summed E-state index contributed by atoms with van der Waals surface area (Å²) in [7, 11) is 0. The van der Waals surface area contributed by atoms with Gasteiger partial charge < -0.3 is 19.5 Å². The van der Waals surface area contributed by atoms with E-state index in [4.69, 9.17) is 14.2 Å². The highest BCUT2D eigenvalue weighted by Gasteiger charge is 2.19. The Balaban J connectivity index is 1.85. The molecule has 30 heavy (non-hydrogen) atoms. The molecule has 0 aliphatic heterocycles. The van der Waals surface area contributed by atoms with Gasteiger partial charge in [0.25, 0.3) is 5.91 Å². The van der Waals surface area contributed by atoms with Crippen molar-refractivity contribution in [2.24, 2.45) is 0 Å². The second kappa shape index (κ2) is 10.5. The van der Waals surface area contributed by atoms with Gasteiger partial charge in [-0.1, -0.05) is 0 Å². The van der Waals surface area contributed by atoms with Crippen molar-refractivity contribution in [1.82, 2.24) is 9.78 Å². The molecule has 0 aliphatic rings. The quantitative estimate of drug-likeness (QED) is 0.419. The molecule has 3 rings (SSSR count). The average molecular weight is 494 g/mol. The Morgan fingerprint density at radius 2 is 1.77 bits per heavy atom. The first-order valence-corrected chi connectivity index (χ1v) is 11.3. The fourth-order valence-corrected chi connectivity index (χ4v) is 4.29. The molecule has 0 bridgehead atoms. The first kappa shape index (κ1) is 22.2. The number of anilines is 1. The molecule has 2 heterocycles. The number of ether oxygens (including phenoxy) is 3. The van der Waals surface area contributed by atoms with Gasteiger partial charge in [0.15, 0.2) is 11.5 Å². The number of rotatable bonds is 10. The largest absolute Gasteiger partial charge is 0.490 e. The van der Waals surface area contributed by atoms with E-state index in [9.17, 15) is 4.79 Å². The van der Waals surface area contributed by atoms with Gasteiger partial charge in [-0.25, -0.2) is 4.68 Å². The number of aromatic nitrogens is 2. The van der Waals surface area contributed by atoms with E-state index in [0.29, 0.717) is 55.0 Å². The molecule has 0 aliphatic carbocycles. The van der Waals surface area contributed by atoms with Crippen LogP contribution in [0.5, 0.6) is 17.2 Å². The highest BCUT2D eigenvalue weighted by Crippen LogP contribution is 2.39. The lowest BCUT2D eigenvalue weighted by Crippen LogP contribution is -2.16. The fourth-order valence-electron chi connectivity index (χ4n) is 2.86. The third-order valence-corrected chi connectivity index (χ3v) is 5.74. The van der Waals surface area contributed by atoms with Gasteiger partial charge in [0.05, 0.1) is 32.6 Å². The summed E-state index contributed by atoms with van der Waals surface area (Å²) >= 11 is 5.08. The minimum atomic E-state index is -0.283. The van der Waals surface area contributed by atoms with Gasteiger partial charge in [-0.2, -0.15) is 5.10 Å². The molecule has 0 fully saturated rings. The van der Waals surface area contributed by atoms with E-state index in [-0.39, 0.29) is 5.91 Å². The Hall–Kier alpha value is -2.52. The minimum absolute atomic E-state index is 0.283. The second-order valence-corrected chi connectivity index (χ2v) is 8.07. The van der Waals surface area contributed by atoms with Crippen LogP contribution in [-0.2, 0) is 6.54 Å². The normalized spacial score (nSPS) is 10.7. The lowest BCUT2D eigenvalue weighted by Gasteiger charge is -2.17. The molecular weight excluding hydrogens is 470 g/mol. The van der Waals surface area contributed by atoms with Gasteiger partial charge in [-0.05, 0) is 54.9 Å². The van der Waals surface area contributed by atoms with Gasteiger partial charge in [0.2, 0.25) is 5.75 Å². The molecule has 0 atom stereocenters. The zero-order valence-corrected chi connectivity index (χ0v) is 19.5. The molecule has 0 saturated heterocycles. The highest BCUT2D eigenvalue weighted by atomic mass is 79.9. The van der Waals surface area contributed by atoms with Crippen molar-refractivity contribution >= 4 is 39.0 Å². The number of nitrogens with zero attached hydrogens (tertiary/aromatic N) is 2. The molecule has 0 radical (unpaired) electrons. The fraction of sp³-hybridized carbons (Fsp3) is 0.333. The summed E-state index contributed by atoms with van der Waals surface area (Å²) in [6.45, 7) is 7.56. The SMILES string of the molecule is CCOc1cc(C(=O)Nc2ccnn2Cc2cc(Br)cs2)cc(OCC)c1OCC. The maximum Gasteiger partial charge on any atom is 0.257 e. The highest BCUT2D eigenvalue weighted by molar-refractivity contribution is 9.10. The van der Waals surface area contributed by atoms with Gasteiger partial charge in [-0.15, -0.1) is 11.3 Å². The molecule has 7 nitrogen and oxygen atoms in total. The molecule has 3 aromatic rings. The van der Waals surface area contributed by atoms with Crippen molar-refractivity contribution < 1.29 is 19.0 Å². The van der Waals surface area contributed by atoms with Crippen molar-refractivity contribution in [3.63, 3.8) is 0 Å². The molecule has 2 aromatic heterocycles. The van der Waals surface area contributed by atoms with Crippen molar-refractivity contribution in [3.05, 3.63) is 50.8 Å². The number of benzene rings is 1. The van der Waals surface area contributed by atoms with E-state index in [1.54, 1.807) is 40.4 Å². The van der Waals surface area contributed by atoms with E-state index >= 15 is 0 Å². The third-order valence-electron chi connectivity index (χ3n) is 4.06. The topological polar surface area (TPSA) is 74.6 Å². The van der Waals surface area contributed by atoms with E-state index in [1.165, 1.54) is 0 Å². The van der Waals surface area contributed by atoms with Crippen LogP contribution in [0.1, 0.15) is 36.0 Å². The van der Waals surface area contributed by atoms with Crippen LogP contribution in [-0.4, -0.2) is 35.5 Å². The predicted octanol–water partition coefficient (Wildman–Crippen LogP) is 5.20. The summed E-state index contributed by atoms with van der Waals surface area (Å²) in [5.41, 5.74) is 0.414. The lowest BCUT2D eigenvalue weighted by molar-refractivity contribution is 0.102. The summed E-state index contributed by atoms with van der Waals surface area (Å²) in [5, 5.41) is 9.27. The number of hydrogen-bond acceptors (Lipinski definition) is 6. The van der Waals surface area contributed by atoms with Crippen molar-refractivity contribution in [1.29, 1.82) is 0 Å². The van der Waals surface area contributed by atoms with Crippen LogP contribution < -0.4 is 19.5 Å². The Kier molecular flexibility index (Phi) is 7.75. The molecule has 0 unspecified atom stereocenters. The maximum atomic E-state index is 13.0. The van der Waals surface area contributed by atoms with Crippen LogP contribution in [0.3, 0.4) is 0 Å². The summed E-state index contributed by atoms with van der Waals surface area (Å²) < 4.78 is 19.9. The minimum Gasteiger partial charge on any atom is -0.490 e. The lowest BCUT2D eigenvalue weighted by atomic mass is 10.1. The van der Waals surface area contributed by atoms with Gasteiger partial charge >= 0.3 is 0 Å². The molecule has 1 N–H and O–H groups in total. The number of thiophene rings is 1. The van der Waals surface area contributed by atoms with Crippen LogP contribution in [0.2, 0.25) is 0 Å². The summed E-state index contributed by atoms with van der Waals surface area (Å²) in [6.07, 6.45) is 1.66. The number of halogens is 1. The standard InChI is InChI=1S/C21H24BrN3O4S/c1-4-27-17-9-14(10-18(28-5-2)20(17)29-6-3)21(26)24-19-7-8-23-25(19)12-16-11-15(22)13-30-16/h7-11,13H,4-6,12H2,1-3H3,(H,24,26). The zero-order chi connectivity index (χ0) is 21.5. The third kappa shape index (κ3) is 5.34. The molecular formula is C21H24BrN3O4S. The number of carbonyl (C=O) groups excluding carboxylic acids is 1. The number of carbonyl (C=O) groups is 1. The van der Waals surface area contributed by atoms with Gasteiger partial charge in [-0.3, -0.25) is 4.79 Å². The van der Waals surface area contributed by atoms with E-state index < -0.39 is 0 Å². The van der Waals surface area contributed by atoms with Crippen LogP contribution in [0.25, 0.3) is 0 Å². The van der Waals surface area contributed by atoms with Crippen molar-refractivity contribution in [2.75, 3.05) is 25.1 Å². The molecule has 1 aromatic carbocycles. The molecule has 9 heteroatoms. The van der Waals surface area contributed by atoms with Gasteiger partial charge in [0, 0.05) is 26.4 Å². The Morgan fingerprint density at radius 1 is 1.10 bits per heavy atom. The van der Waals surface area contributed by atoms with Crippen molar-refractivity contribution in [3.8, 4) is 17.2 Å². The zero-order valence-electron chi connectivity index (χ0n) is 17.1. The first-order valence-electron chi connectivity index (χ1n) is 9.68. The Morgan fingerprint density at radius 3 is 2.33 bits per heavy atom. The van der Waals surface area contributed by atoms with Crippen LogP contribution >= 0.6 is 27.3 Å². The Bertz CT molecular complexity index is 975. The van der Waals surface area contributed by atoms with Crippen LogP contribution in [0, 0.1) is 0 Å². The van der Waals surface area contributed by atoms with E-state index in [1.807, 2.05) is 32.2 Å². The van der Waals surface area contributed by atoms with E-state index in [2.05, 4.69) is 26.3 Å². The molecule has 1 amide bonds. The smallest absolute Gasteiger partial charge is 0.257 e. The van der Waals surface area contributed by atoms with E-state index in [0.717, 1.165) is 9.35 Å². The van der Waals surface area contributed by atoms with Crippen LogP contribution in [0.4, 0.5) is 5.82 Å². The number of amides is 1. The number of nitrogens with one attached hydrogen (secondary N) is 1. The summed E-state index contributed by atoms with van der Waals surface area (Å²) in [4.78, 5) is 14.1. The molecule has 0 saturated carbocycles. The van der Waals surface area contributed by atoms with Gasteiger partial charge in [0.1, 0.15) is 5.82 Å². The summed E-state index contributed by atoms with van der Waals surface area (Å²) in [5.74, 6) is 1.79. The predicted molar refractivity (Wildman–Crippen MR) is 121 cm³/mol. The number of hydrogen-bond donors (Lipinski definition) is 1. The van der Waals surface area contributed by atoms with Crippen LogP contribution in [0.15, 0.2) is 40.3 Å². The average Bonchev–Trinajstić information content (AvgIpc) is 3.33. The molecule has 0 spiro atoms. The second-order valence-electron chi connectivity index (χ2n) is 6.16. The first-order chi connectivity index (χ1) is 14.5. The summed E-state index contributed by atoms with van der Waals surface area (Å²) in [6, 6.07) is 7.14. The molecule has 160 valence electrons. The Labute approximate surface area is 188 Å².